The van der Waals surface area contributed by atoms with E-state index in [1.165, 1.54) is 0 Å². The molecule has 19 heteroatoms. The molecular formula is C37H70O17P2. The zero-order valence-electron chi connectivity index (χ0n) is 34.1. The molecule has 2 unspecified atom stereocenters. The molecule has 0 aliphatic rings. The summed E-state index contributed by atoms with van der Waals surface area (Å²) in [4.78, 5) is 69.0. The van der Waals surface area contributed by atoms with Crippen LogP contribution in [0.4, 0.5) is 0 Å². The Morgan fingerprint density at radius 1 is 0.446 bits per heavy atom. The molecule has 0 aromatic carbocycles. The minimum atomic E-state index is -4.89. The summed E-state index contributed by atoms with van der Waals surface area (Å²) in [6.07, 6.45) is 11.0. The summed E-state index contributed by atoms with van der Waals surface area (Å²) >= 11 is 0. The van der Waals surface area contributed by atoms with E-state index in [0.29, 0.717) is 19.3 Å². The van der Waals surface area contributed by atoms with E-state index in [2.05, 4.69) is 20.8 Å². The fraction of sp³-hybridized carbons (Fsp3) is 0.892. The summed E-state index contributed by atoms with van der Waals surface area (Å²) in [5.74, 6) is -2.30. The fourth-order valence-corrected chi connectivity index (χ4v) is 6.48. The molecule has 0 aromatic heterocycles. The number of phosphoric acid groups is 2. The number of aliphatic hydroxyl groups excluding tert-OH is 1. The lowest BCUT2D eigenvalue weighted by atomic mass is 10.1. The first kappa shape index (κ1) is 54.1. The van der Waals surface area contributed by atoms with Crippen molar-refractivity contribution < 1.29 is 80.2 Å². The topological polar surface area (TPSA) is 237 Å². The average molecular weight is 849 g/mol. The quantitative estimate of drug-likeness (QED) is 0.0237. The van der Waals surface area contributed by atoms with Crippen molar-refractivity contribution in [2.75, 3.05) is 39.6 Å². The normalized spacial score (nSPS) is 15.2. The third-order valence-corrected chi connectivity index (χ3v) is 10.1. The van der Waals surface area contributed by atoms with E-state index in [1.807, 2.05) is 0 Å². The van der Waals surface area contributed by atoms with Gasteiger partial charge in [0.1, 0.15) is 19.3 Å². The van der Waals surface area contributed by atoms with Crippen LogP contribution in [0.3, 0.4) is 0 Å². The van der Waals surface area contributed by atoms with Crippen LogP contribution in [0.15, 0.2) is 0 Å². The second-order valence-electron chi connectivity index (χ2n) is 13.6. The van der Waals surface area contributed by atoms with E-state index in [4.69, 9.17) is 37.0 Å². The van der Waals surface area contributed by atoms with Gasteiger partial charge in [0, 0.05) is 25.7 Å². The number of esters is 4. The zero-order valence-corrected chi connectivity index (χ0v) is 35.9. The molecule has 0 aliphatic carbocycles. The van der Waals surface area contributed by atoms with Crippen molar-refractivity contribution in [2.24, 2.45) is 0 Å². The summed E-state index contributed by atoms with van der Waals surface area (Å²) in [7, 11) is -9.77. The molecule has 0 aliphatic heterocycles. The second-order valence-corrected chi connectivity index (χ2v) is 16.5. The molecule has 0 amide bonds. The number of hydrogen-bond donors (Lipinski definition) is 3. The highest BCUT2D eigenvalue weighted by molar-refractivity contribution is 7.47. The Morgan fingerprint density at radius 2 is 0.768 bits per heavy atom. The lowest BCUT2D eigenvalue weighted by molar-refractivity contribution is -0.161. The fourth-order valence-electron chi connectivity index (χ4n) is 4.90. The van der Waals surface area contributed by atoms with E-state index in [9.17, 15) is 43.2 Å². The zero-order chi connectivity index (χ0) is 42.1. The van der Waals surface area contributed by atoms with Gasteiger partial charge in [-0.1, -0.05) is 111 Å². The van der Waals surface area contributed by atoms with Crippen molar-refractivity contribution in [3.8, 4) is 0 Å². The number of hydrogen-bond acceptors (Lipinski definition) is 15. The van der Waals surface area contributed by atoms with Gasteiger partial charge in [0.05, 0.1) is 26.4 Å². The third kappa shape index (κ3) is 33.1. The van der Waals surface area contributed by atoms with Crippen LogP contribution in [0.5, 0.6) is 0 Å². The van der Waals surface area contributed by atoms with Crippen LogP contribution in [-0.4, -0.2) is 96.7 Å². The molecule has 0 saturated heterocycles. The predicted molar refractivity (Wildman–Crippen MR) is 206 cm³/mol. The Balaban J connectivity index is 4.99. The first-order valence-electron chi connectivity index (χ1n) is 20.3. The number of aliphatic hydroxyl groups is 1. The monoisotopic (exact) mass is 848 g/mol. The minimum Gasteiger partial charge on any atom is -0.462 e. The smallest absolute Gasteiger partial charge is 0.462 e. The third-order valence-electron chi connectivity index (χ3n) is 8.16. The van der Waals surface area contributed by atoms with E-state index < -0.39 is 97.5 Å². The van der Waals surface area contributed by atoms with Gasteiger partial charge in [-0.05, 0) is 19.3 Å². The van der Waals surface area contributed by atoms with Gasteiger partial charge in [-0.15, -0.1) is 0 Å². The predicted octanol–water partition coefficient (Wildman–Crippen LogP) is 7.41. The Bertz CT molecular complexity index is 1150. The van der Waals surface area contributed by atoms with E-state index in [-0.39, 0.29) is 25.7 Å². The molecule has 5 atom stereocenters. The highest BCUT2D eigenvalue weighted by Gasteiger charge is 2.30. The molecule has 56 heavy (non-hydrogen) atoms. The van der Waals surface area contributed by atoms with Crippen LogP contribution < -0.4 is 0 Å². The summed E-state index contributed by atoms with van der Waals surface area (Å²) in [6, 6.07) is 0. The van der Waals surface area contributed by atoms with Crippen LogP contribution in [-0.2, 0) is 65.4 Å². The number of ether oxygens (including phenoxy) is 4. The number of phosphoric ester groups is 2. The number of unbranched alkanes of at least 4 members (excludes halogenated alkanes) is 13. The first-order chi connectivity index (χ1) is 26.7. The largest absolute Gasteiger partial charge is 0.472 e. The average Bonchev–Trinajstić information content (AvgIpc) is 3.16. The van der Waals surface area contributed by atoms with E-state index in [1.54, 1.807) is 6.92 Å². The molecule has 0 bridgehead atoms. The summed E-state index contributed by atoms with van der Waals surface area (Å²) in [6.45, 7) is 3.81. The highest BCUT2D eigenvalue weighted by atomic mass is 31.2. The van der Waals surface area contributed by atoms with Crippen molar-refractivity contribution in [2.45, 2.75) is 174 Å². The molecule has 0 rings (SSSR count). The van der Waals surface area contributed by atoms with Crippen LogP contribution in [0.25, 0.3) is 0 Å². The molecular weight excluding hydrogens is 778 g/mol. The SMILES string of the molecule is CCCCCCCCC(=O)O[C@H](COC(=O)CC)COP(=O)(O)OC[C@H](O)COP(=O)(O)OC[C@@H](COC(=O)CCCCCCC)OC(=O)CCCCCCC. The Hall–Kier alpha value is -1.94. The van der Waals surface area contributed by atoms with Crippen LogP contribution >= 0.6 is 15.6 Å². The molecule has 330 valence electrons. The Morgan fingerprint density at radius 3 is 1.14 bits per heavy atom. The number of rotatable bonds is 38. The van der Waals surface area contributed by atoms with Gasteiger partial charge in [-0.3, -0.25) is 37.3 Å². The molecule has 0 saturated carbocycles. The number of carbonyl (C=O) groups excluding carboxylic acids is 4. The van der Waals surface area contributed by atoms with Gasteiger partial charge >= 0.3 is 39.5 Å². The van der Waals surface area contributed by atoms with Gasteiger partial charge in [-0.2, -0.15) is 0 Å². The number of carbonyl (C=O) groups is 4. The summed E-state index contributed by atoms with van der Waals surface area (Å²) in [5, 5.41) is 10.2. The summed E-state index contributed by atoms with van der Waals surface area (Å²) < 4.78 is 65.4. The van der Waals surface area contributed by atoms with E-state index >= 15 is 0 Å². The van der Waals surface area contributed by atoms with E-state index in [0.717, 1.165) is 83.5 Å². The molecule has 0 heterocycles. The van der Waals surface area contributed by atoms with Crippen LogP contribution in [0.2, 0.25) is 0 Å². The molecule has 0 fully saturated rings. The Kier molecular flexibility index (Phi) is 32.8. The van der Waals surface area contributed by atoms with Gasteiger partial charge in [0.15, 0.2) is 12.2 Å². The Labute approximate surface area is 333 Å². The molecule has 0 aromatic rings. The molecule has 17 nitrogen and oxygen atoms in total. The molecule has 0 radical (unpaired) electrons. The lowest BCUT2D eigenvalue weighted by Crippen LogP contribution is -2.30. The van der Waals surface area contributed by atoms with Crippen molar-refractivity contribution in [1.29, 1.82) is 0 Å². The van der Waals surface area contributed by atoms with Crippen molar-refractivity contribution in [1.82, 2.24) is 0 Å². The standard InChI is InChI=1S/C37H70O17P2/c1-5-9-12-15-18-21-24-37(42)53-32(27-47-34(39)8-4)29-51-55(43,44)49-25-31(38)26-50-56(45,46)52-30-33(54-36(41)23-20-17-14-11-7-3)28-48-35(40)22-19-16-13-10-6-2/h31-33,38H,5-30H2,1-4H3,(H,43,44)(H,45,46)/t31-,32+,33+/m0/s1. The summed E-state index contributed by atoms with van der Waals surface area (Å²) in [5.41, 5.74) is 0. The second kappa shape index (κ2) is 34.0. The van der Waals surface area contributed by atoms with Crippen molar-refractivity contribution >= 4 is 39.5 Å². The maximum atomic E-state index is 12.6. The van der Waals surface area contributed by atoms with Crippen molar-refractivity contribution in [3.63, 3.8) is 0 Å². The lowest BCUT2D eigenvalue weighted by Gasteiger charge is -2.21. The van der Waals surface area contributed by atoms with Gasteiger partial charge in [0.2, 0.25) is 0 Å². The minimum absolute atomic E-state index is 0.0503. The maximum Gasteiger partial charge on any atom is 0.472 e. The molecule has 3 N–H and O–H groups in total. The molecule has 0 spiro atoms. The highest BCUT2D eigenvalue weighted by Crippen LogP contribution is 2.45. The van der Waals surface area contributed by atoms with Crippen LogP contribution in [0, 0.1) is 0 Å². The van der Waals surface area contributed by atoms with Crippen molar-refractivity contribution in [3.05, 3.63) is 0 Å². The first-order valence-corrected chi connectivity index (χ1v) is 23.3. The van der Waals surface area contributed by atoms with Crippen LogP contribution in [0.1, 0.15) is 156 Å². The van der Waals surface area contributed by atoms with Gasteiger partial charge in [-0.25, -0.2) is 9.13 Å². The van der Waals surface area contributed by atoms with Gasteiger partial charge < -0.3 is 33.8 Å². The maximum absolute atomic E-state index is 12.6. The van der Waals surface area contributed by atoms with Gasteiger partial charge in [0.25, 0.3) is 0 Å².